The maximum Gasteiger partial charge on any atom is 0.219 e. The first kappa shape index (κ1) is 13.5. The van der Waals surface area contributed by atoms with Crippen molar-refractivity contribution in [3.8, 4) is 0 Å². The molecule has 0 radical (unpaired) electrons. The summed E-state index contributed by atoms with van der Waals surface area (Å²) in [6.07, 6.45) is 0. The third-order valence-electron chi connectivity index (χ3n) is 3.36. The van der Waals surface area contributed by atoms with Crippen molar-refractivity contribution in [1.29, 1.82) is 0 Å². The Hall–Kier alpha value is -0.610. The van der Waals surface area contributed by atoms with Crippen LogP contribution in [0.2, 0.25) is 0 Å². The Bertz CT molecular complexity index is 218. The van der Waals surface area contributed by atoms with Gasteiger partial charge in [0.2, 0.25) is 5.91 Å². The number of hydrogen-bond donors (Lipinski definition) is 0. The monoisotopic (exact) mass is 227 g/mol. The van der Waals surface area contributed by atoms with Gasteiger partial charge in [-0.25, -0.2) is 0 Å². The highest BCUT2D eigenvalue weighted by Crippen LogP contribution is 2.16. The molecule has 0 aliphatic carbocycles. The lowest BCUT2D eigenvalue weighted by molar-refractivity contribution is -0.136. The number of likely N-dealkylation sites (N-methyl/N-ethyl adjacent to an activating group) is 1. The van der Waals surface area contributed by atoms with Crippen LogP contribution in [0.3, 0.4) is 0 Å². The summed E-state index contributed by atoms with van der Waals surface area (Å²) in [6.45, 7) is 12.2. The fourth-order valence-corrected chi connectivity index (χ4v) is 2.13. The number of piperazine rings is 1. The molecule has 0 unspecified atom stereocenters. The number of likely N-dealkylation sites (tertiary alicyclic amines) is 1. The molecule has 2 aliphatic heterocycles. The normalized spacial score (nSPS) is 23.4. The Morgan fingerprint density at radius 1 is 1.06 bits per heavy atom. The van der Waals surface area contributed by atoms with E-state index in [2.05, 4.69) is 16.8 Å². The van der Waals surface area contributed by atoms with E-state index in [0.717, 1.165) is 39.3 Å². The minimum absolute atomic E-state index is 0.218. The van der Waals surface area contributed by atoms with E-state index in [1.165, 1.54) is 0 Å². The zero-order valence-electron chi connectivity index (χ0n) is 11.1. The second kappa shape index (κ2) is 6.21. The van der Waals surface area contributed by atoms with Crippen molar-refractivity contribution >= 4 is 5.91 Å². The predicted octanol–water partition coefficient (Wildman–Crippen LogP) is 0.491. The number of nitrogens with zero attached hydrogens (tertiary/aromatic N) is 3. The van der Waals surface area contributed by atoms with Crippen molar-refractivity contribution < 1.29 is 4.79 Å². The zero-order chi connectivity index (χ0) is 12.1. The van der Waals surface area contributed by atoms with Gasteiger partial charge < -0.3 is 9.80 Å². The van der Waals surface area contributed by atoms with Gasteiger partial charge >= 0.3 is 0 Å². The Morgan fingerprint density at radius 3 is 2.00 bits per heavy atom. The van der Waals surface area contributed by atoms with E-state index in [1.54, 1.807) is 6.92 Å². The Labute approximate surface area is 99.2 Å². The van der Waals surface area contributed by atoms with Gasteiger partial charge in [0.25, 0.3) is 0 Å². The molecular formula is C12H25N3O. The van der Waals surface area contributed by atoms with E-state index < -0.39 is 0 Å². The number of rotatable bonds is 1. The lowest BCUT2D eigenvalue weighted by atomic mass is 10.1. The smallest absolute Gasteiger partial charge is 0.219 e. The Balaban J connectivity index is 0.000000606. The first-order chi connectivity index (χ1) is 7.66. The minimum atomic E-state index is 0.218. The zero-order valence-corrected chi connectivity index (χ0v) is 11.1. The van der Waals surface area contributed by atoms with Gasteiger partial charge in [-0.15, -0.1) is 0 Å². The van der Waals surface area contributed by atoms with Crippen molar-refractivity contribution in [2.75, 3.05) is 46.3 Å². The highest BCUT2D eigenvalue weighted by Gasteiger charge is 2.33. The van der Waals surface area contributed by atoms with E-state index in [0.29, 0.717) is 6.04 Å². The largest absolute Gasteiger partial charge is 0.340 e. The minimum Gasteiger partial charge on any atom is -0.340 e. The summed E-state index contributed by atoms with van der Waals surface area (Å²) in [5.74, 6) is 0.218. The molecule has 2 aliphatic rings. The van der Waals surface area contributed by atoms with Gasteiger partial charge in [0.1, 0.15) is 0 Å². The highest BCUT2D eigenvalue weighted by molar-refractivity contribution is 5.74. The van der Waals surface area contributed by atoms with Crippen molar-refractivity contribution in [1.82, 2.24) is 14.7 Å². The van der Waals surface area contributed by atoms with Gasteiger partial charge in [0.05, 0.1) is 0 Å². The van der Waals surface area contributed by atoms with Crippen LogP contribution in [0.5, 0.6) is 0 Å². The molecule has 0 bridgehead atoms. The predicted molar refractivity (Wildman–Crippen MR) is 66.5 cm³/mol. The SMILES string of the molecule is CC.CC(=O)N1CC(N2CCN(C)CC2)C1. The fourth-order valence-electron chi connectivity index (χ4n) is 2.13. The molecule has 4 heteroatoms. The first-order valence-electron chi connectivity index (χ1n) is 6.35. The van der Waals surface area contributed by atoms with Crippen LogP contribution < -0.4 is 0 Å². The summed E-state index contributed by atoms with van der Waals surface area (Å²) in [6, 6.07) is 0.632. The molecule has 0 N–H and O–H groups in total. The summed E-state index contributed by atoms with van der Waals surface area (Å²) in [4.78, 5) is 17.8. The summed E-state index contributed by atoms with van der Waals surface area (Å²) in [5.41, 5.74) is 0. The second-order valence-electron chi connectivity index (χ2n) is 4.42. The molecule has 0 atom stereocenters. The van der Waals surface area contributed by atoms with Gasteiger partial charge in [0, 0.05) is 52.2 Å². The third-order valence-corrected chi connectivity index (χ3v) is 3.36. The quantitative estimate of drug-likeness (QED) is 0.652. The van der Waals surface area contributed by atoms with Crippen molar-refractivity contribution in [3.63, 3.8) is 0 Å². The Kier molecular flexibility index (Phi) is 5.22. The molecule has 1 amide bonds. The average molecular weight is 227 g/mol. The number of carbonyl (C=O) groups is 1. The molecule has 16 heavy (non-hydrogen) atoms. The number of carbonyl (C=O) groups excluding carboxylic acids is 1. The van der Waals surface area contributed by atoms with E-state index in [9.17, 15) is 4.79 Å². The van der Waals surface area contributed by atoms with Crippen LogP contribution in [-0.2, 0) is 4.79 Å². The topological polar surface area (TPSA) is 26.8 Å². The van der Waals surface area contributed by atoms with E-state index in [1.807, 2.05) is 18.7 Å². The molecule has 0 spiro atoms. The maximum absolute atomic E-state index is 11.0. The van der Waals surface area contributed by atoms with Gasteiger partial charge in [-0.05, 0) is 7.05 Å². The Morgan fingerprint density at radius 2 is 1.56 bits per heavy atom. The van der Waals surface area contributed by atoms with Gasteiger partial charge in [-0.3, -0.25) is 9.69 Å². The molecule has 2 fully saturated rings. The molecular weight excluding hydrogens is 202 g/mol. The van der Waals surface area contributed by atoms with Crippen molar-refractivity contribution in [3.05, 3.63) is 0 Å². The molecule has 94 valence electrons. The standard InChI is InChI=1S/C10H19N3O.C2H6/c1-9(14)13-7-10(8-13)12-5-3-11(2)4-6-12;1-2/h10H,3-8H2,1-2H3;1-2H3. The molecule has 0 aromatic rings. The molecule has 2 heterocycles. The first-order valence-corrected chi connectivity index (χ1v) is 6.35. The maximum atomic E-state index is 11.0. The van der Waals surface area contributed by atoms with Crippen LogP contribution in [0, 0.1) is 0 Å². The van der Waals surface area contributed by atoms with Crippen LogP contribution in [0.1, 0.15) is 20.8 Å². The molecule has 0 aromatic heterocycles. The number of amides is 1. The number of hydrogen-bond acceptors (Lipinski definition) is 3. The summed E-state index contributed by atoms with van der Waals surface area (Å²) in [7, 11) is 2.17. The third kappa shape index (κ3) is 3.19. The fraction of sp³-hybridized carbons (Fsp3) is 0.917. The summed E-state index contributed by atoms with van der Waals surface area (Å²) in [5, 5.41) is 0. The van der Waals surface area contributed by atoms with Crippen LogP contribution in [0.25, 0.3) is 0 Å². The average Bonchev–Trinajstić information content (AvgIpc) is 2.21. The highest BCUT2D eigenvalue weighted by atomic mass is 16.2. The van der Waals surface area contributed by atoms with Gasteiger partial charge in [-0.2, -0.15) is 0 Å². The van der Waals surface area contributed by atoms with Crippen LogP contribution in [0.4, 0.5) is 0 Å². The van der Waals surface area contributed by atoms with Gasteiger partial charge in [-0.1, -0.05) is 13.8 Å². The van der Waals surface area contributed by atoms with Crippen LogP contribution in [-0.4, -0.2) is 73.0 Å². The summed E-state index contributed by atoms with van der Waals surface area (Å²) >= 11 is 0. The molecule has 2 rings (SSSR count). The second-order valence-corrected chi connectivity index (χ2v) is 4.42. The molecule has 0 saturated carbocycles. The lowest BCUT2D eigenvalue weighted by Gasteiger charge is -2.47. The lowest BCUT2D eigenvalue weighted by Crippen LogP contribution is -2.63. The van der Waals surface area contributed by atoms with Crippen LogP contribution >= 0.6 is 0 Å². The van der Waals surface area contributed by atoms with Gasteiger partial charge in [0.15, 0.2) is 0 Å². The van der Waals surface area contributed by atoms with E-state index >= 15 is 0 Å². The van der Waals surface area contributed by atoms with E-state index in [-0.39, 0.29) is 5.91 Å². The van der Waals surface area contributed by atoms with Crippen LogP contribution in [0.15, 0.2) is 0 Å². The molecule has 4 nitrogen and oxygen atoms in total. The van der Waals surface area contributed by atoms with Crippen molar-refractivity contribution in [2.24, 2.45) is 0 Å². The van der Waals surface area contributed by atoms with Crippen molar-refractivity contribution in [2.45, 2.75) is 26.8 Å². The summed E-state index contributed by atoms with van der Waals surface area (Å²) < 4.78 is 0. The molecule has 2 saturated heterocycles. The van der Waals surface area contributed by atoms with E-state index in [4.69, 9.17) is 0 Å². The molecule has 0 aromatic carbocycles.